The average molecular weight is 187 g/mol. The van der Waals surface area contributed by atoms with Crippen molar-refractivity contribution in [2.75, 3.05) is 0 Å². The summed E-state index contributed by atoms with van der Waals surface area (Å²) in [7, 11) is 0. The van der Waals surface area contributed by atoms with Crippen LogP contribution in [-0.4, -0.2) is 15.4 Å². The summed E-state index contributed by atoms with van der Waals surface area (Å²) in [5.74, 6) is 0. The fourth-order valence-corrected chi connectivity index (χ4v) is 1.33. The molecule has 3 nitrogen and oxygen atoms in total. The van der Waals surface area contributed by atoms with Gasteiger partial charge in [0.05, 0.1) is 11.9 Å². The third-order valence-corrected chi connectivity index (χ3v) is 2.02. The molecule has 1 unspecified atom stereocenters. The molecule has 2 aromatic rings. The molecule has 2 heterocycles. The van der Waals surface area contributed by atoms with Gasteiger partial charge >= 0.3 is 0 Å². The van der Waals surface area contributed by atoms with Crippen molar-refractivity contribution in [3.8, 4) is 0 Å². The first kappa shape index (κ1) is 8.97. The van der Waals surface area contributed by atoms with Crippen molar-refractivity contribution >= 4 is 11.7 Å². The van der Waals surface area contributed by atoms with Gasteiger partial charge < -0.3 is 10.1 Å². The maximum Gasteiger partial charge on any atom is 0.137 e. The molecule has 0 amide bonds. The van der Waals surface area contributed by atoms with Gasteiger partial charge in [-0.05, 0) is 25.1 Å². The Morgan fingerprint density at radius 3 is 3.14 bits per heavy atom. The van der Waals surface area contributed by atoms with Crippen molar-refractivity contribution in [3.63, 3.8) is 0 Å². The van der Waals surface area contributed by atoms with E-state index in [0.717, 1.165) is 11.3 Å². The highest BCUT2D eigenvalue weighted by Gasteiger charge is 1.97. The van der Waals surface area contributed by atoms with Crippen LogP contribution < -0.4 is 5.73 Å². The normalized spacial score (nSPS) is 13.9. The van der Waals surface area contributed by atoms with Gasteiger partial charge in [-0.15, -0.1) is 0 Å². The number of hydrogen-bond acceptors (Lipinski definition) is 2. The molecule has 14 heavy (non-hydrogen) atoms. The van der Waals surface area contributed by atoms with Gasteiger partial charge in [0.1, 0.15) is 5.65 Å². The zero-order chi connectivity index (χ0) is 9.97. The molecule has 0 aromatic carbocycles. The predicted molar refractivity (Wildman–Crippen MR) is 57.9 cm³/mol. The molecule has 0 fully saturated rings. The van der Waals surface area contributed by atoms with E-state index < -0.39 is 0 Å². The number of fused-ring (bicyclic) bond motifs is 1. The van der Waals surface area contributed by atoms with Crippen LogP contribution in [0.3, 0.4) is 0 Å². The monoisotopic (exact) mass is 187 g/mol. The van der Waals surface area contributed by atoms with Gasteiger partial charge in [0, 0.05) is 12.2 Å². The Morgan fingerprint density at radius 1 is 1.50 bits per heavy atom. The minimum atomic E-state index is 0.0734. The second kappa shape index (κ2) is 3.64. The van der Waals surface area contributed by atoms with E-state index in [9.17, 15) is 0 Å². The number of rotatable bonds is 2. The lowest BCUT2D eigenvalue weighted by molar-refractivity contribution is 0.930. The van der Waals surface area contributed by atoms with Crippen molar-refractivity contribution in [1.29, 1.82) is 0 Å². The molecule has 2 rings (SSSR count). The largest absolute Gasteiger partial charge is 0.325 e. The fourth-order valence-electron chi connectivity index (χ4n) is 1.33. The third-order valence-electron chi connectivity index (χ3n) is 2.02. The molecule has 0 aliphatic rings. The Morgan fingerprint density at radius 2 is 2.36 bits per heavy atom. The minimum Gasteiger partial charge on any atom is -0.325 e. The molecule has 0 aliphatic carbocycles. The first-order valence-electron chi connectivity index (χ1n) is 4.63. The Bertz CT molecular complexity index is 454. The average Bonchev–Trinajstić information content (AvgIpc) is 2.58. The molecular weight excluding hydrogens is 174 g/mol. The lowest BCUT2D eigenvalue weighted by Crippen LogP contribution is -2.10. The van der Waals surface area contributed by atoms with E-state index in [1.54, 1.807) is 0 Å². The Hall–Kier alpha value is -1.61. The van der Waals surface area contributed by atoms with Crippen LogP contribution >= 0.6 is 0 Å². The second-order valence-corrected chi connectivity index (χ2v) is 3.33. The lowest BCUT2D eigenvalue weighted by Gasteiger charge is -1.96. The zero-order valence-electron chi connectivity index (χ0n) is 8.09. The summed E-state index contributed by atoms with van der Waals surface area (Å²) in [6.07, 6.45) is 7.78. The molecule has 2 N–H and O–H groups in total. The summed E-state index contributed by atoms with van der Waals surface area (Å²) in [6.45, 7) is 1.94. The topological polar surface area (TPSA) is 43.3 Å². The molecule has 1 atom stereocenters. The van der Waals surface area contributed by atoms with Crippen molar-refractivity contribution in [1.82, 2.24) is 9.38 Å². The van der Waals surface area contributed by atoms with E-state index in [0.29, 0.717) is 0 Å². The molecule has 0 saturated heterocycles. The number of hydrogen-bond donors (Lipinski definition) is 1. The molecule has 0 bridgehead atoms. The number of pyridine rings is 1. The molecule has 0 spiro atoms. The maximum atomic E-state index is 5.64. The second-order valence-electron chi connectivity index (χ2n) is 3.33. The van der Waals surface area contributed by atoms with Crippen molar-refractivity contribution in [2.45, 2.75) is 13.0 Å². The van der Waals surface area contributed by atoms with E-state index in [1.807, 2.05) is 54.1 Å². The van der Waals surface area contributed by atoms with Crippen LogP contribution in [0.25, 0.3) is 11.7 Å². The maximum absolute atomic E-state index is 5.64. The van der Waals surface area contributed by atoms with E-state index in [4.69, 9.17) is 5.73 Å². The highest BCUT2D eigenvalue weighted by Crippen LogP contribution is 2.07. The number of nitrogens with zero attached hydrogens (tertiary/aromatic N) is 2. The van der Waals surface area contributed by atoms with E-state index in [-0.39, 0.29) is 6.04 Å². The molecular formula is C11H13N3. The number of nitrogens with two attached hydrogens (primary N) is 1. The van der Waals surface area contributed by atoms with Crippen molar-refractivity contribution in [3.05, 3.63) is 42.4 Å². The van der Waals surface area contributed by atoms with E-state index in [2.05, 4.69) is 4.98 Å². The van der Waals surface area contributed by atoms with Gasteiger partial charge in [-0.3, -0.25) is 0 Å². The van der Waals surface area contributed by atoms with Gasteiger partial charge in [-0.25, -0.2) is 4.98 Å². The number of aromatic nitrogens is 2. The van der Waals surface area contributed by atoms with Crippen LogP contribution in [0.1, 0.15) is 12.6 Å². The smallest absolute Gasteiger partial charge is 0.137 e. The van der Waals surface area contributed by atoms with Crippen LogP contribution in [0.4, 0.5) is 0 Å². The van der Waals surface area contributed by atoms with Crippen LogP contribution in [-0.2, 0) is 0 Å². The summed E-state index contributed by atoms with van der Waals surface area (Å²) in [4.78, 5) is 4.27. The molecule has 0 saturated carbocycles. The van der Waals surface area contributed by atoms with Crippen LogP contribution in [0, 0.1) is 0 Å². The highest BCUT2D eigenvalue weighted by atomic mass is 15.0. The van der Waals surface area contributed by atoms with Gasteiger partial charge in [0.15, 0.2) is 0 Å². The first-order chi connectivity index (χ1) is 6.77. The van der Waals surface area contributed by atoms with Crippen LogP contribution in [0.15, 0.2) is 36.7 Å². The van der Waals surface area contributed by atoms with E-state index >= 15 is 0 Å². The van der Waals surface area contributed by atoms with Gasteiger partial charge in [-0.2, -0.15) is 0 Å². The Balaban J connectivity index is 2.43. The third kappa shape index (κ3) is 1.67. The lowest BCUT2D eigenvalue weighted by atomic mass is 10.3. The van der Waals surface area contributed by atoms with Crippen molar-refractivity contribution < 1.29 is 0 Å². The predicted octanol–water partition coefficient (Wildman–Crippen LogP) is 1.69. The SMILES string of the molecule is CC(N)/C=C/c1cnc2ccccn12. The highest BCUT2D eigenvalue weighted by molar-refractivity contribution is 5.52. The van der Waals surface area contributed by atoms with E-state index in [1.165, 1.54) is 0 Å². The van der Waals surface area contributed by atoms with Crippen LogP contribution in [0.2, 0.25) is 0 Å². The standard InChI is InChI=1S/C11H13N3/c1-9(12)5-6-10-8-13-11-4-2-3-7-14(10)11/h2-9H,12H2,1H3/b6-5+. The molecule has 0 radical (unpaired) electrons. The van der Waals surface area contributed by atoms with Crippen LogP contribution in [0.5, 0.6) is 0 Å². The fraction of sp³-hybridized carbons (Fsp3) is 0.182. The summed E-state index contributed by atoms with van der Waals surface area (Å²) in [6, 6.07) is 6.01. The summed E-state index contributed by atoms with van der Waals surface area (Å²) in [5.41, 5.74) is 7.65. The first-order valence-corrected chi connectivity index (χ1v) is 4.63. The Labute approximate surface area is 82.9 Å². The minimum absolute atomic E-state index is 0.0734. The molecule has 72 valence electrons. The van der Waals surface area contributed by atoms with Gasteiger partial charge in [0.25, 0.3) is 0 Å². The summed E-state index contributed by atoms with van der Waals surface area (Å²) >= 11 is 0. The molecule has 3 heteroatoms. The van der Waals surface area contributed by atoms with Gasteiger partial charge in [0.2, 0.25) is 0 Å². The molecule has 0 aliphatic heterocycles. The van der Waals surface area contributed by atoms with Gasteiger partial charge in [-0.1, -0.05) is 12.1 Å². The quantitative estimate of drug-likeness (QED) is 0.777. The molecule has 2 aromatic heterocycles. The summed E-state index contributed by atoms with van der Waals surface area (Å²) in [5, 5.41) is 0. The van der Waals surface area contributed by atoms with Crippen molar-refractivity contribution in [2.24, 2.45) is 5.73 Å². The Kier molecular flexibility index (Phi) is 2.33. The number of imidazole rings is 1. The zero-order valence-corrected chi connectivity index (χ0v) is 8.09. The summed E-state index contributed by atoms with van der Waals surface area (Å²) < 4.78 is 2.03.